The molecule has 0 bridgehead atoms. The van der Waals surface area contributed by atoms with Crippen molar-refractivity contribution in [2.75, 3.05) is 6.61 Å². The molecule has 0 saturated carbocycles. The van der Waals surface area contributed by atoms with Crippen molar-refractivity contribution >= 4 is 5.97 Å². The zero-order valence-electron chi connectivity index (χ0n) is 7.67. The summed E-state index contributed by atoms with van der Waals surface area (Å²) in [7, 11) is 0. The Balaban J connectivity index is 3.54. The molecule has 70 valence electrons. The fraction of sp³-hybridized carbons (Fsp3) is 0.667. The molecule has 0 atom stereocenters. The average molecular weight is 172 g/mol. The minimum absolute atomic E-state index is 0.0473. The maximum Gasteiger partial charge on any atom is 0.370 e. The highest BCUT2D eigenvalue weighted by Gasteiger charge is 2.05. The predicted molar refractivity (Wildman–Crippen MR) is 46.9 cm³/mol. The van der Waals surface area contributed by atoms with Gasteiger partial charge in [0.2, 0.25) is 0 Å². The summed E-state index contributed by atoms with van der Waals surface area (Å²) in [6.45, 7) is 4.25. The first-order valence-electron chi connectivity index (χ1n) is 4.24. The van der Waals surface area contributed by atoms with Gasteiger partial charge in [-0.25, -0.2) is 4.79 Å². The van der Waals surface area contributed by atoms with Crippen LogP contribution in [0.4, 0.5) is 0 Å². The summed E-state index contributed by atoms with van der Waals surface area (Å²) >= 11 is 0. The van der Waals surface area contributed by atoms with Gasteiger partial charge in [0, 0.05) is 0 Å². The molecule has 3 nitrogen and oxygen atoms in total. The second-order valence-corrected chi connectivity index (χ2v) is 2.51. The number of unbranched alkanes of at least 4 members (excludes halogenated alkanes) is 2. The van der Waals surface area contributed by atoms with Crippen LogP contribution in [0.2, 0.25) is 0 Å². The topological polar surface area (TPSA) is 46.5 Å². The van der Waals surface area contributed by atoms with Crippen LogP contribution in [0.1, 0.15) is 33.1 Å². The highest BCUT2D eigenvalue weighted by Crippen LogP contribution is 2.01. The Morgan fingerprint density at radius 1 is 1.50 bits per heavy atom. The average Bonchev–Trinajstić information content (AvgIpc) is 2.04. The van der Waals surface area contributed by atoms with Crippen molar-refractivity contribution in [3.63, 3.8) is 0 Å². The number of aliphatic carboxylic acids is 1. The number of carbonyl (C=O) groups is 1. The van der Waals surface area contributed by atoms with Crippen molar-refractivity contribution in [3.05, 3.63) is 11.8 Å². The molecule has 0 rings (SSSR count). The van der Waals surface area contributed by atoms with Gasteiger partial charge in [-0.3, -0.25) is 0 Å². The second-order valence-electron chi connectivity index (χ2n) is 2.51. The SMILES string of the molecule is CC=C(OCCCCC)C(=O)O. The van der Waals surface area contributed by atoms with E-state index in [-0.39, 0.29) is 5.76 Å². The molecule has 0 aromatic carbocycles. The molecule has 0 spiro atoms. The Hall–Kier alpha value is -0.990. The Morgan fingerprint density at radius 2 is 2.17 bits per heavy atom. The molecule has 0 amide bonds. The van der Waals surface area contributed by atoms with E-state index in [1.165, 1.54) is 6.08 Å². The fourth-order valence-electron chi connectivity index (χ4n) is 0.803. The molecule has 0 radical (unpaired) electrons. The molecule has 0 fully saturated rings. The van der Waals surface area contributed by atoms with E-state index in [1.807, 2.05) is 0 Å². The lowest BCUT2D eigenvalue weighted by Gasteiger charge is -2.04. The third-order valence-electron chi connectivity index (χ3n) is 1.48. The lowest BCUT2D eigenvalue weighted by atomic mass is 10.3. The van der Waals surface area contributed by atoms with E-state index in [0.717, 1.165) is 19.3 Å². The number of carboxylic acid groups (broad SMARTS) is 1. The van der Waals surface area contributed by atoms with Gasteiger partial charge in [-0.2, -0.15) is 0 Å². The second kappa shape index (κ2) is 6.70. The van der Waals surface area contributed by atoms with Crippen LogP contribution in [-0.2, 0) is 9.53 Å². The maximum absolute atomic E-state index is 10.4. The molecule has 0 unspecified atom stereocenters. The molecule has 0 aliphatic heterocycles. The highest BCUT2D eigenvalue weighted by atomic mass is 16.5. The summed E-state index contributed by atoms with van der Waals surface area (Å²) in [6.07, 6.45) is 4.58. The van der Waals surface area contributed by atoms with Crippen LogP contribution in [0.5, 0.6) is 0 Å². The first-order valence-corrected chi connectivity index (χ1v) is 4.24. The van der Waals surface area contributed by atoms with E-state index in [0.29, 0.717) is 6.61 Å². The minimum atomic E-state index is -0.992. The lowest BCUT2D eigenvalue weighted by molar-refractivity contribution is -0.136. The van der Waals surface area contributed by atoms with E-state index < -0.39 is 5.97 Å². The van der Waals surface area contributed by atoms with E-state index in [1.54, 1.807) is 6.92 Å². The largest absolute Gasteiger partial charge is 0.487 e. The van der Waals surface area contributed by atoms with E-state index in [4.69, 9.17) is 9.84 Å². The van der Waals surface area contributed by atoms with Crippen molar-refractivity contribution in [3.8, 4) is 0 Å². The standard InChI is InChI=1S/C9H16O3/c1-3-5-6-7-12-8(4-2)9(10)11/h4H,3,5-7H2,1-2H3,(H,10,11). The zero-order chi connectivity index (χ0) is 9.40. The normalized spacial score (nSPS) is 11.3. The molecule has 3 heteroatoms. The van der Waals surface area contributed by atoms with Crippen molar-refractivity contribution in [1.29, 1.82) is 0 Å². The van der Waals surface area contributed by atoms with Crippen LogP contribution in [0.15, 0.2) is 11.8 Å². The third-order valence-corrected chi connectivity index (χ3v) is 1.48. The summed E-state index contributed by atoms with van der Waals surface area (Å²) < 4.78 is 5.02. The number of hydrogen-bond acceptors (Lipinski definition) is 2. The number of carboxylic acids is 1. The van der Waals surface area contributed by atoms with Crippen molar-refractivity contribution in [2.45, 2.75) is 33.1 Å². The maximum atomic E-state index is 10.4. The molecule has 0 aromatic heterocycles. The number of hydrogen-bond donors (Lipinski definition) is 1. The lowest BCUT2D eigenvalue weighted by Crippen LogP contribution is -2.05. The number of rotatable bonds is 6. The molecule has 12 heavy (non-hydrogen) atoms. The van der Waals surface area contributed by atoms with Crippen LogP contribution >= 0.6 is 0 Å². The van der Waals surface area contributed by atoms with Crippen LogP contribution in [0, 0.1) is 0 Å². The number of allylic oxidation sites excluding steroid dienone is 1. The monoisotopic (exact) mass is 172 g/mol. The summed E-state index contributed by atoms with van der Waals surface area (Å²) in [6, 6.07) is 0. The summed E-state index contributed by atoms with van der Waals surface area (Å²) in [5.74, 6) is -0.944. The molecule has 0 saturated heterocycles. The molecule has 0 aromatic rings. The molecular weight excluding hydrogens is 156 g/mol. The van der Waals surface area contributed by atoms with Crippen LogP contribution in [0.25, 0.3) is 0 Å². The van der Waals surface area contributed by atoms with Gasteiger partial charge in [-0.15, -0.1) is 0 Å². The van der Waals surface area contributed by atoms with Gasteiger partial charge >= 0.3 is 5.97 Å². The summed E-state index contributed by atoms with van der Waals surface area (Å²) in [5, 5.41) is 8.54. The predicted octanol–water partition coefficient (Wildman–Crippen LogP) is 2.18. The third kappa shape index (κ3) is 4.77. The zero-order valence-corrected chi connectivity index (χ0v) is 7.67. The Bertz CT molecular complexity index is 161. The van der Waals surface area contributed by atoms with Crippen LogP contribution in [-0.4, -0.2) is 17.7 Å². The Kier molecular flexibility index (Phi) is 6.15. The molecule has 0 heterocycles. The first kappa shape index (κ1) is 11.0. The Morgan fingerprint density at radius 3 is 2.58 bits per heavy atom. The van der Waals surface area contributed by atoms with Gasteiger partial charge in [0.1, 0.15) is 0 Å². The van der Waals surface area contributed by atoms with Gasteiger partial charge in [-0.05, 0) is 19.4 Å². The van der Waals surface area contributed by atoms with Crippen LogP contribution in [0.3, 0.4) is 0 Å². The Labute approximate surface area is 73.0 Å². The molecule has 0 aliphatic carbocycles. The van der Waals surface area contributed by atoms with Gasteiger partial charge in [0.25, 0.3) is 0 Å². The van der Waals surface area contributed by atoms with E-state index in [9.17, 15) is 4.79 Å². The fourth-order valence-corrected chi connectivity index (χ4v) is 0.803. The quantitative estimate of drug-likeness (QED) is 0.379. The molecular formula is C9H16O3. The summed E-state index contributed by atoms with van der Waals surface area (Å²) in [5.41, 5.74) is 0. The van der Waals surface area contributed by atoms with Gasteiger partial charge < -0.3 is 9.84 Å². The van der Waals surface area contributed by atoms with Crippen LogP contribution < -0.4 is 0 Å². The van der Waals surface area contributed by atoms with Crippen molar-refractivity contribution in [2.24, 2.45) is 0 Å². The smallest absolute Gasteiger partial charge is 0.370 e. The van der Waals surface area contributed by atoms with Gasteiger partial charge in [-0.1, -0.05) is 19.8 Å². The highest BCUT2D eigenvalue weighted by molar-refractivity contribution is 5.84. The molecule has 0 aliphatic rings. The minimum Gasteiger partial charge on any atom is -0.487 e. The van der Waals surface area contributed by atoms with E-state index in [2.05, 4.69) is 6.92 Å². The van der Waals surface area contributed by atoms with Crippen molar-refractivity contribution in [1.82, 2.24) is 0 Å². The van der Waals surface area contributed by atoms with Crippen molar-refractivity contribution < 1.29 is 14.6 Å². The summed E-state index contributed by atoms with van der Waals surface area (Å²) in [4.78, 5) is 10.4. The first-order chi connectivity index (χ1) is 5.72. The number of ether oxygens (including phenoxy) is 1. The van der Waals surface area contributed by atoms with Gasteiger partial charge in [0.15, 0.2) is 5.76 Å². The van der Waals surface area contributed by atoms with Gasteiger partial charge in [0.05, 0.1) is 6.61 Å². The van der Waals surface area contributed by atoms with E-state index >= 15 is 0 Å². The molecule has 1 N–H and O–H groups in total.